The van der Waals surface area contributed by atoms with Crippen LogP contribution in [0, 0.1) is 0 Å². The molecular weight excluding hydrogens is 404 g/mol. The summed E-state index contributed by atoms with van der Waals surface area (Å²) in [6.07, 6.45) is 1.83. The second kappa shape index (κ2) is 9.02. The van der Waals surface area contributed by atoms with Crippen LogP contribution in [0.25, 0.3) is 0 Å². The summed E-state index contributed by atoms with van der Waals surface area (Å²) in [4.78, 5) is 28.3. The maximum absolute atomic E-state index is 12.3. The molecule has 2 aromatic rings. The second-order valence-corrected chi connectivity index (χ2v) is 9.13. The quantitative estimate of drug-likeness (QED) is 0.698. The van der Waals surface area contributed by atoms with E-state index in [0.717, 1.165) is 38.3 Å². The first-order valence-electron chi connectivity index (χ1n) is 11.4. The van der Waals surface area contributed by atoms with E-state index in [1.807, 2.05) is 12.1 Å². The summed E-state index contributed by atoms with van der Waals surface area (Å²) in [6, 6.07) is 16.4. The smallest absolute Gasteiger partial charge is 0.243 e. The van der Waals surface area contributed by atoms with Gasteiger partial charge in [-0.2, -0.15) is 0 Å². The van der Waals surface area contributed by atoms with Gasteiger partial charge in [0, 0.05) is 45.2 Å². The number of amides is 2. The Morgan fingerprint density at radius 1 is 1.03 bits per heavy atom. The van der Waals surface area contributed by atoms with Crippen LogP contribution in [0.1, 0.15) is 36.0 Å². The summed E-state index contributed by atoms with van der Waals surface area (Å²) in [5, 5.41) is 2.46. The van der Waals surface area contributed by atoms with Crippen LogP contribution in [0.2, 0.25) is 0 Å². The molecule has 0 spiro atoms. The number of fused-ring (bicyclic) bond motifs is 1. The molecule has 168 valence electrons. The summed E-state index contributed by atoms with van der Waals surface area (Å²) < 4.78 is 6.37. The van der Waals surface area contributed by atoms with Gasteiger partial charge >= 0.3 is 0 Å². The minimum Gasteiger partial charge on any atom is -0.487 e. The van der Waals surface area contributed by atoms with Crippen LogP contribution in [-0.4, -0.2) is 52.9 Å². The molecule has 3 aliphatic rings. The third kappa shape index (κ3) is 4.55. The Kier molecular flexibility index (Phi) is 5.95. The highest BCUT2D eigenvalue weighted by atomic mass is 16.5. The van der Waals surface area contributed by atoms with Gasteiger partial charge in [-0.25, -0.2) is 0 Å². The predicted octanol–water partition coefficient (Wildman–Crippen LogP) is 1.79. The van der Waals surface area contributed by atoms with Gasteiger partial charge in [0.1, 0.15) is 11.9 Å². The average molecular weight is 435 g/mol. The van der Waals surface area contributed by atoms with Crippen LogP contribution in [0.5, 0.6) is 5.75 Å². The number of carbonyl (C=O) groups is 2. The summed E-state index contributed by atoms with van der Waals surface area (Å²) in [5.41, 5.74) is 10.1. The number of hydrogen-bond donors (Lipinski definition) is 2. The molecule has 0 radical (unpaired) electrons. The minimum atomic E-state index is -0.247. The molecule has 32 heavy (non-hydrogen) atoms. The molecule has 1 unspecified atom stereocenters. The number of hydrogen-bond acceptors (Lipinski definition) is 6. The van der Waals surface area contributed by atoms with Gasteiger partial charge in [-0.3, -0.25) is 24.7 Å². The van der Waals surface area contributed by atoms with Crippen molar-refractivity contribution in [3.05, 3.63) is 65.2 Å². The molecule has 2 fully saturated rings. The molecule has 0 bridgehead atoms. The Morgan fingerprint density at radius 2 is 1.84 bits per heavy atom. The average Bonchev–Trinajstić information content (AvgIpc) is 3.20. The van der Waals surface area contributed by atoms with Crippen LogP contribution < -0.4 is 15.8 Å². The molecule has 0 saturated carbocycles. The van der Waals surface area contributed by atoms with E-state index in [-0.39, 0.29) is 30.0 Å². The number of nitrogens with two attached hydrogens (primary N) is 1. The molecule has 0 aliphatic carbocycles. The second-order valence-electron chi connectivity index (χ2n) is 9.13. The number of piperidine rings is 2. The summed E-state index contributed by atoms with van der Waals surface area (Å²) >= 11 is 0. The number of carbonyl (C=O) groups excluding carboxylic acids is 2. The fourth-order valence-corrected chi connectivity index (χ4v) is 5.00. The zero-order valence-electron chi connectivity index (χ0n) is 18.2. The molecule has 3 heterocycles. The lowest BCUT2D eigenvalue weighted by Crippen LogP contribution is -2.52. The molecule has 2 amide bonds. The summed E-state index contributed by atoms with van der Waals surface area (Å²) in [7, 11) is 0. The monoisotopic (exact) mass is 434 g/mol. The van der Waals surface area contributed by atoms with Crippen molar-refractivity contribution >= 4 is 11.8 Å². The Morgan fingerprint density at radius 3 is 2.66 bits per heavy atom. The zero-order chi connectivity index (χ0) is 22.1. The highest BCUT2D eigenvalue weighted by Crippen LogP contribution is 2.31. The topological polar surface area (TPSA) is 87.9 Å². The fourth-order valence-electron chi connectivity index (χ4n) is 5.00. The molecule has 2 aromatic carbocycles. The van der Waals surface area contributed by atoms with Crippen molar-refractivity contribution in [1.29, 1.82) is 0 Å². The van der Waals surface area contributed by atoms with Crippen molar-refractivity contribution in [1.82, 2.24) is 15.1 Å². The Hall–Kier alpha value is -2.74. The van der Waals surface area contributed by atoms with Gasteiger partial charge in [0.2, 0.25) is 11.8 Å². The van der Waals surface area contributed by atoms with Crippen LogP contribution in [-0.2, 0) is 29.2 Å². The van der Waals surface area contributed by atoms with Crippen LogP contribution in [0.15, 0.2) is 48.5 Å². The van der Waals surface area contributed by atoms with E-state index in [1.165, 1.54) is 16.7 Å². The maximum Gasteiger partial charge on any atom is 0.243 e. The normalized spacial score (nSPS) is 26.6. The lowest BCUT2D eigenvalue weighted by atomic mass is 10.0. The van der Waals surface area contributed by atoms with Crippen molar-refractivity contribution in [3.8, 4) is 5.75 Å². The predicted molar refractivity (Wildman–Crippen MR) is 121 cm³/mol. The number of nitrogens with one attached hydrogen (secondary N) is 1. The molecule has 3 N–H and O–H groups in total. The lowest BCUT2D eigenvalue weighted by molar-refractivity contribution is -0.137. The third-order valence-electron chi connectivity index (χ3n) is 6.81. The van der Waals surface area contributed by atoms with Gasteiger partial charge in [-0.1, -0.05) is 36.4 Å². The van der Waals surface area contributed by atoms with E-state index >= 15 is 0 Å². The van der Waals surface area contributed by atoms with Crippen molar-refractivity contribution in [2.45, 2.75) is 57.1 Å². The summed E-state index contributed by atoms with van der Waals surface area (Å²) in [5.74, 6) is 0.469. The number of ether oxygens (including phenoxy) is 1. The molecule has 0 aromatic heterocycles. The molecule has 3 aliphatic heterocycles. The standard InChI is InChI=1S/C25H30N4O3/c26-21-10-11-28(13-17-4-2-1-3-5-17)16-23(21)32-20-7-6-18-14-29(15-19(18)12-20)22-8-9-24(30)27-25(22)31/h1-7,12,21-23H,8-11,13-16,26H2,(H,27,30,31)/t21-,22?,23-/m0/s1. The van der Waals surface area contributed by atoms with Gasteiger partial charge < -0.3 is 10.5 Å². The van der Waals surface area contributed by atoms with E-state index in [0.29, 0.717) is 19.4 Å². The van der Waals surface area contributed by atoms with Crippen molar-refractivity contribution in [2.75, 3.05) is 13.1 Å². The van der Waals surface area contributed by atoms with Crippen molar-refractivity contribution in [2.24, 2.45) is 5.73 Å². The van der Waals surface area contributed by atoms with Crippen LogP contribution >= 0.6 is 0 Å². The largest absolute Gasteiger partial charge is 0.487 e. The molecule has 2 saturated heterocycles. The molecule has 7 nitrogen and oxygen atoms in total. The van der Waals surface area contributed by atoms with E-state index in [1.54, 1.807) is 0 Å². The number of rotatable bonds is 5. The number of nitrogens with zero attached hydrogens (tertiary/aromatic N) is 2. The fraction of sp³-hybridized carbons (Fsp3) is 0.440. The van der Waals surface area contributed by atoms with Gasteiger partial charge in [-0.05, 0) is 41.7 Å². The zero-order valence-corrected chi connectivity index (χ0v) is 18.2. The van der Waals surface area contributed by atoms with Gasteiger partial charge in [-0.15, -0.1) is 0 Å². The Balaban J connectivity index is 1.22. The van der Waals surface area contributed by atoms with Gasteiger partial charge in [0.15, 0.2) is 0 Å². The highest BCUT2D eigenvalue weighted by molar-refractivity contribution is 6.00. The Labute approximate surface area is 188 Å². The van der Waals surface area contributed by atoms with Crippen molar-refractivity contribution < 1.29 is 14.3 Å². The van der Waals surface area contributed by atoms with E-state index in [9.17, 15) is 9.59 Å². The maximum atomic E-state index is 12.3. The first-order chi connectivity index (χ1) is 15.5. The van der Waals surface area contributed by atoms with Crippen molar-refractivity contribution in [3.63, 3.8) is 0 Å². The van der Waals surface area contributed by atoms with Crippen LogP contribution in [0.4, 0.5) is 0 Å². The first-order valence-corrected chi connectivity index (χ1v) is 11.4. The number of likely N-dealkylation sites (tertiary alicyclic amines) is 1. The lowest BCUT2D eigenvalue weighted by Gasteiger charge is -2.37. The minimum absolute atomic E-state index is 0.00949. The third-order valence-corrected chi connectivity index (χ3v) is 6.81. The van der Waals surface area contributed by atoms with E-state index < -0.39 is 0 Å². The SMILES string of the molecule is N[C@H]1CCN(Cc2ccccc2)C[C@@H]1Oc1ccc2c(c1)CN(C1CCC(=O)NC1=O)C2. The van der Waals surface area contributed by atoms with E-state index in [2.05, 4.69) is 51.5 Å². The van der Waals surface area contributed by atoms with Gasteiger partial charge in [0.05, 0.1) is 6.04 Å². The first kappa shape index (κ1) is 21.1. The number of imide groups is 1. The Bertz CT molecular complexity index is 996. The van der Waals surface area contributed by atoms with E-state index in [4.69, 9.17) is 10.5 Å². The van der Waals surface area contributed by atoms with Crippen LogP contribution in [0.3, 0.4) is 0 Å². The number of benzene rings is 2. The molecule has 3 atom stereocenters. The van der Waals surface area contributed by atoms with Gasteiger partial charge in [0.25, 0.3) is 0 Å². The highest BCUT2D eigenvalue weighted by Gasteiger charge is 2.35. The molecular formula is C25H30N4O3. The molecule has 7 heteroatoms. The summed E-state index contributed by atoms with van der Waals surface area (Å²) in [6.45, 7) is 4.08. The molecule has 5 rings (SSSR count).